The molecule has 0 aromatic heterocycles. The molecule has 0 spiro atoms. The number of phenolic OH excluding ortho intramolecular Hbond substituents is 1. The van der Waals surface area contributed by atoms with Gasteiger partial charge in [-0.15, -0.1) is 0 Å². The van der Waals surface area contributed by atoms with E-state index in [1.54, 1.807) is 12.1 Å². The van der Waals surface area contributed by atoms with Crippen LogP contribution in [0.15, 0.2) is 29.2 Å². The molecule has 0 bridgehead atoms. The van der Waals surface area contributed by atoms with Gasteiger partial charge in [0.15, 0.2) is 0 Å². The molecule has 1 aliphatic rings. The van der Waals surface area contributed by atoms with E-state index < -0.39 is 10.1 Å². The van der Waals surface area contributed by atoms with Crippen LogP contribution in [0.2, 0.25) is 0 Å². The van der Waals surface area contributed by atoms with Crippen molar-refractivity contribution in [2.45, 2.75) is 64.4 Å². The SMILES string of the molecule is Cc1c(C)c2c(c(C)c1O)CC[C@@](C)(CC[N+](C)(C)C)O2.Cc1ccc(S(=O)(=O)[O-])cc1. The van der Waals surface area contributed by atoms with Crippen molar-refractivity contribution in [3.63, 3.8) is 0 Å². The van der Waals surface area contributed by atoms with Crippen molar-refractivity contribution in [1.29, 1.82) is 0 Å². The fraction of sp³-hybridized carbons (Fsp3) is 0.520. The van der Waals surface area contributed by atoms with Crippen LogP contribution in [0.4, 0.5) is 0 Å². The Morgan fingerprint density at radius 1 is 1.03 bits per heavy atom. The van der Waals surface area contributed by atoms with Crippen LogP contribution in [-0.2, 0) is 16.5 Å². The molecule has 1 aliphatic heterocycles. The Hall–Kier alpha value is -2.09. The van der Waals surface area contributed by atoms with Crippen molar-refractivity contribution in [1.82, 2.24) is 0 Å². The minimum absolute atomic E-state index is 0.0981. The van der Waals surface area contributed by atoms with E-state index in [9.17, 15) is 18.1 Å². The number of ether oxygens (including phenoxy) is 1. The molecule has 0 unspecified atom stereocenters. The highest BCUT2D eigenvalue weighted by Gasteiger charge is 2.35. The molecule has 1 N–H and O–H groups in total. The van der Waals surface area contributed by atoms with Gasteiger partial charge in [0.25, 0.3) is 0 Å². The van der Waals surface area contributed by atoms with Crippen LogP contribution in [-0.4, -0.2) is 55.8 Å². The Bertz CT molecular complexity index is 1070. The van der Waals surface area contributed by atoms with E-state index in [4.69, 9.17) is 4.74 Å². The van der Waals surface area contributed by atoms with Crippen LogP contribution in [0.1, 0.15) is 47.6 Å². The van der Waals surface area contributed by atoms with Crippen molar-refractivity contribution >= 4 is 10.1 Å². The van der Waals surface area contributed by atoms with Crippen molar-refractivity contribution in [2.24, 2.45) is 0 Å². The zero-order chi connectivity index (χ0) is 24.5. The fourth-order valence-electron chi connectivity index (χ4n) is 3.75. The predicted octanol–water partition coefficient (Wildman–Crippen LogP) is 4.40. The molecule has 0 saturated heterocycles. The molecule has 2 aromatic rings. The Morgan fingerprint density at radius 3 is 2.09 bits per heavy atom. The Balaban J connectivity index is 0.000000278. The number of aryl methyl sites for hydroxylation is 1. The van der Waals surface area contributed by atoms with E-state index in [0.717, 1.165) is 58.3 Å². The van der Waals surface area contributed by atoms with E-state index in [1.165, 1.54) is 17.7 Å². The molecule has 0 saturated carbocycles. The molecule has 2 aromatic carbocycles. The summed E-state index contributed by atoms with van der Waals surface area (Å²) in [6, 6.07) is 5.78. The first-order valence-corrected chi connectivity index (χ1v) is 12.3. The Kier molecular flexibility index (Phi) is 7.70. The molecule has 178 valence electrons. The number of nitrogens with zero attached hydrogens (tertiary/aromatic N) is 1. The lowest BCUT2D eigenvalue weighted by atomic mass is 9.85. The molecule has 6 nitrogen and oxygen atoms in total. The number of rotatable bonds is 4. The summed E-state index contributed by atoms with van der Waals surface area (Å²) in [5.41, 5.74) is 5.04. The Morgan fingerprint density at radius 2 is 1.59 bits per heavy atom. The second-order valence-electron chi connectivity index (χ2n) is 10.1. The summed E-state index contributed by atoms with van der Waals surface area (Å²) in [5, 5.41) is 10.2. The Labute approximate surface area is 193 Å². The molecule has 1 atom stereocenters. The molecule has 0 radical (unpaired) electrons. The topological polar surface area (TPSA) is 86.7 Å². The van der Waals surface area contributed by atoms with Gasteiger partial charge < -0.3 is 18.9 Å². The standard InChI is InChI=1S/C18H29NO2.C7H8O3S/c1-12-13(2)17-15(14(3)16(12)20)8-9-18(4,21-17)10-11-19(5,6)7;1-6-2-4-7(5-3-6)11(8,9)10/h8-11H2,1-7H3;2-5H,1H3,(H,8,9,10)/t18-;/m0./s1. The lowest BCUT2D eigenvalue weighted by Crippen LogP contribution is -2.44. The molecular formula is C25H37NO5S. The summed E-state index contributed by atoms with van der Waals surface area (Å²) in [4.78, 5) is -0.178. The normalized spacial score (nSPS) is 18.3. The molecule has 32 heavy (non-hydrogen) atoms. The summed E-state index contributed by atoms with van der Waals surface area (Å²) in [6.45, 7) is 11.2. The lowest BCUT2D eigenvalue weighted by Gasteiger charge is -2.39. The molecule has 7 heteroatoms. The van der Waals surface area contributed by atoms with E-state index >= 15 is 0 Å². The zero-order valence-electron chi connectivity index (χ0n) is 20.6. The maximum absolute atomic E-state index is 10.4. The van der Waals surface area contributed by atoms with Crippen LogP contribution in [0.25, 0.3) is 0 Å². The van der Waals surface area contributed by atoms with Gasteiger partial charge in [0, 0.05) is 12.0 Å². The van der Waals surface area contributed by atoms with Gasteiger partial charge in [0.1, 0.15) is 27.2 Å². The van der Waals surface area contributed by atoms with E-state index in [1.807, 2.05) is 20.8 Å². The van der Waals surface area contributed by atoms with Crippen LogP contribution in [0.5, 0.6) is 11.5 Å². The molecule has 0 fully saturated rings. The summed E-state index contributed by atoms with van der Waals surface area (Å²) in [7, 11) is 2.39. The van der Waals surface area contributed by atoms with Gasteiger partial charge in [-0.1, -0.05) is 17.7 Å². The quantitative estimate of drug-likeness (QED) is 0.537. The van der Waals surface area contributed by atoms with Crippen molar-refractivity contribution in [2.75, 3.05) is 27.7 Å². The van der Waals surface area contributed by atoms with Gasteiger partial charge in [-0.2, -0.15) is 0 Å². The monoisotopic (exact) mass is 463 g/mol. The molecular weight excluding hydrogens is 426 g/mol. The third-order valence-corrected chi connectivity index (χ3v) is 7.06. The highest BCUT2D eigenvalue weighted by Crippen LogP contribution is 2.44. The minimum atomic E-state index is -4.27. The maximum atomic E-state index is 10.4. The number of fused-ring (bicyclic) bond motifs is 1. The summed E-state index contributed by atoms with van der Waals surface area (Å²) in [5.74, 6) is 1.45. The average molecular weight is 464 g/mol. The smallest absolute Gasteiger partial charge is 0.127 e. The van der Waals surface area contributed by atoms with Gasteiger partial charge in [0.2, 0.25) is 0 Å². The minimum Gasteiger partial charge on any atom is -0.744 e. The number of quaternary nitrogens is 1. The highest BCUT2D eigenvalue weighted by atomic mass is 32.2. The number of benzene rings is 2. The second-order valence-corrected chi connectivity index (χ2v) is 11.5. The highest BCUT2D eigenvalue weighted by molar-refractivity contribution is 7.85. The fourth-order valence-corrected chi connectivity index (χ4v) is 4.22. The molecule has 3 rings (SSSR count). The predicted molar refractivity (Wildman–Crippen MR) is 126 cm³/mol. The van der Waals surface area contributed by atoms with Gasteiger partial charge >= 0.3 is 0 Å². The van der Waals surface area contributed by atoms with E-state index in [-0.39, 0.29) is 10.5 Å². The van der Waals surface area contributed by atoms with Gasteiger partial charge in [-0.05, 0) is 76.3 Å². The van der Waals surface area contributed by atoms with Gasteiger partial charge in [0.05, 0.1) is 32.6 Å². The number of hydrogen-bond donors (Lipinski definition) is 1. The van der Waals surface area contributed by atoms with Crippen LogP contribution >= 0.6 is 0 Å². The first-order valence-electron chi connectivity index (χ1n) is 10.9. The second kappa shape index (κ2) is 9.41. The maximum Gasteiger partial charge on any atom is 0.127 e. The van der Waals surface area contributed by atoms with Crippen LogP contribution in [0.3, 0.4) is 0 Å². The van der Waals surface area contributed by atoms with Crippen LogP contribution in [0, 0.1) is 27.7 Å². The summed E-state index contributed by atoms with van der Waals surface area (Å²) < 4.78 is 38.6. The number of phenols is 1. The summed E-state index contributed by atoms with van der Waals surface area (Å²) >= 11 is 0. The number of hydrogen-bond acceptors (Lipinski definition) is 5. The third-order valence-electron chi connectivity index (χ3n) is 6.21. The van der Waals surface area contributed by atoms with Gasteiger partial charge in [-0.25, -0.2) is 8.42 Å². The van der Waals surface area contributed by atoms with Gasteiger partial charge in [-0.3, -0.25) is 0 Å². The van der Waals surface area contributed by atoms with Crippen LogP contribution < -0.4 is 4.74 Å². The van der Waals surface area contributed by atoms with E-state index in [0.29, 0.717) is 5.75 Å². The third kappa shape index (κ3) is 6.47. The van der Waals surface area contributed by atoms with Crippen molar-refractivity contribution in [3.05, 3.63) is 52.1 Å². The largest absolute Gasteiger partial charge is 0.744 e. The first kappa shape index (κ1) is 26.2. The molecule has 0 aliphatic carbocycles. The van der Waals surface area contributed by atoms with Crippen molar-refractivity contribution in [3.8, 4) is 11.5 Å². The summed E-state index contributed by atoms with van der Waals surface area (Å²) in [6.07, 6.45) is 3.06. The first-order chi connectivity index (χ1) is 14.5. The average Bonchev–Trinajstić information content (AvgIpc) is 2.69. The zero-order valence-corrected chi connectivity index (χ0v) is 21.4. The molecule has 1 heterocycles. The number of aromatic hydroxyl groups is 1. The molecule has 0 amide bonds. The van der Waals surface area contributed by atoms with E-state index in [2.05, 4.69) is 35.0 Å². The van der Waals surface area contributed by atoms with Crippen molar-refractivity contribution < 1.29 is 27.3 Å². The lowest BCUT2D eigenvalue weighted by molar-refractivity contribution is -0.871.